The highest BCUT2D eigenvalue weighted by Gasteiger charge is 2.48. The second-order valence-corrected chi connectivity index (χ2v) is 5.07. The molecule has 2 aliphatic rings. The normalized spacial score (nSPS) is 26.2. The molecule has 13 heavy (non-hydrogen) atoms. The average Bonchev–Trinajstić information content (AvgIpc) is 2.59. The van der Waals surface area contributed by atoms with Crippen molar-refractivity contribution in [2.45, 2.75) is 31.6 Å². The molecule has 74 valence electrons. The number of rotatable bonds is 1. The van der Waals surface area contributed by atoms with Crippen molar-refractivity contribution in [3.63, 3.8) is 0 Å². The summed E-state index contributed by atoms with van der Waals surface area (Å²) in [6, 6.07) is 0.0475. The van der Waals surface area contributed by atoms with Crippen LogP contribution < -0.4 is 5.32 Å². The molecule has 0 aromatic rings. The first-order chi connectivity index (χ1) is 6.11. The van der Waals surface area contributed by atoms with Crippen molar-refractivity contribution in [2.75, 3.05) is 13.1 Å². The van der Waals surface area contributed by atoms with Gasteiger partial charge < -0.3 is 10.2 Å². The lowest BCUT2D eigenvalue weighted by molar-refractivity contribution is 0.206. The molecule has 1 saturated carbocycles. The number of carbonyl (C=O) groups excluding carboxylic acids is 1. The third kappa shape index (κ3) is 1.93. The van der Waals surface area contributed by atoms with E-state index in [9.17, 15) is 4.79 Å². The summed E-state index contributed by atoms with van der Waals surface area (Å²) in [6.07, 6.45) is 3.82. The fourth-order valence-corrected chi connectivity index (χ4v) is 2.07. The molecule has 0 bridgehead atoms. The van der Waals surface area contributed by atoms with Crippen LogP contribution in [-0.2, 0) is 0 Å². The molecule has 2 rings (SSSR count). The summed E-state index contributed by atoms with van der Waals surface area (Å²) in [7, 11) is 0. The highest BCUT2D eigenvalue weighted by atomic mass is 32.1. The molecule has 0 aromatic heterocycles. The minimum atomic E-state index is -0.0525. The number of likely N-dealkylation sites (tertiary alicyclic amines) is 1. The minimum absolute atomic E-state index is 0.0475. The molecule has 3 nitrogen and oxygen atoms in total. The van der Waals surface area contributed by atoms with Gasteiger partial charge in [0.05, 0.1) is 5.37 Å². The summed E-state index contributed by atoms with van der Waals surface area (Å²) in [5, 5.41) is 2.75. The van der Waals surface area contributed by atoms with Gasteiger partial charge in [-0.1, -0.05) is 0 Å². The zero-order chi connectivity index (χ0) is 9.47. The predicted molar refractivity (Wildman–Crippen MR) is 54.8 cm³/mol. The van der Waals surface area contributed by atoms with Crippen molar-refractivity contribution < 1.29 is 4.79 Å². The van der Waals surface area contributed by atoms with E-state index in [0.717, 1.165) is 13.1 Å². The third-order valence-corrected chi connectivity index (χ3v) is 3.14. The Labute approximate surface area is 84.3 Å². The number of urea groups is 1. The molecule has 1 atom stereocenters. The van der Waals surface area contributed by atoms with Gasteiger partial charge in [0.15, 0.2) is 0 Å². The lowest BCUT2D eigenvalue weighted by Crippen LogP contribution is -2.41. The van der Waals surface area contributed by atoms with Gasteiger partial charge in [-0.05, 0) is 31.6 Å². The minimum Gasteiger partial charge on any atom is -0.327 e. The van der Waals surface area contributed by atoms with Gasteiger partial charge in [0.1, 0.15) is 0 Å². The van der Waals surface area contributed by atoms with E-state index in [0.29, 0.717) is 5.41 Å². The summed E-state index contributed by atoms with van der Waals surface area (Å²) < 4.78 is 0. The third-order valence-electron chi connectivity index (χ3n) is 3.02. The van der Waals surface area contributed by atoms with Crippen LogP contribution in [0.1, 0.15) is 26.2 Å². The quantitative estimate of drug-likeness (QED) is 0.487. The lowest BCUT2D eigenvalue weighted by Gasteiger charge is -2.18. The molecule has 2 amide bonds. The number of nitrogens with one attached hydrogen (secondary N) is 1. The lowest BCUT2D eigenvalue weighted by atomic mass is 10.1. The average molecular weight is 200 g/mol. The number of hydrogen-bond donors (Lipinski definition) is 2. The smallest absolute Gasteiger partial charge is 0.318 e. The van der Waals surface area contributed by atoms with Gasteiger partial charge in [0, 0.05) is 13.1 Å². The first-order valence-corrected chi connectivity index (χ1v) is 5.37. The molecule has 1 aliphatic heterocycles. The summed E-state index contributed by atoms with van der Waals surface area (Å²) in [6.45, 7) is 3.75. The van der Waals surface area contributed by atoms with Crippen LogP contribution in [0, 0.1) is 5.41 Å². The maximum Gasteiger partial charge on any atom is 0.318 e. The van der Waals surface area contributed by atoms with Crippen molar-refractivity contribution in [1.82, 2.24) is 10.2 Å². The van der Waals surface area contributed by atoms with Gasteiger partial charge in [-0.25, -0.2) is 4.79 Å². The molecule has 0 aromatic carbocycles. The van der Waals surface area contributed by atoms with E-state index in [1.54, 1.807) is 0 Å². The van der Waals surface area contributed by atoms with E-state index in [4.69, 9.17) is 0 Å². The Morgan fingerprint density at radius 1 is 1.54 bits per heavy atom. The van der Waals surface area contributed by atoms with Crippen LogP contribution in [0.2, 0.25) is 0 Å². The molecule has 1 aliphatic carbocycles. The fraction of sp³-hybridized carbons (Fsp3) is 0.889. The topological polar surface area (TPSA) is 32.3 Å². The Balaban J connectivity index is 1.84. The van der Waals surface area contributed by atoms with Crippen LogP contribution in [-0.4, -0.2) is 29.4 Å². The highest BCUT2D eigenvalue weighted by Crippen LogP contribution is 2.52. The molecule has 1 saturated heterocycles. The summed E-state index contributed by atoms with van der Waals surface area (Å²) in [5.74, 6) is 0. The second kappa shape index (κ2) is 3.08. The molecule has 1 heterocycles. The van der Waals surface area contributed by atoms with E-state index in [-0.39, 0.29) is 11.4 Å². The zero-order valence-electron chi connectivity index (χ0n) is 7.92. The predicted octanol–water partition coefficient (Wildman–Crippen LogP) is 1.46. The summed E-state index contributed by atoms with van der Waals surface area (Å²) in [5.41, 5.74) is 0.525. The monoisotopic (exact) mass is 200 g/mol. The standard InChI is InChI=1S/C9H16N2OS/c1-7(13)10-8(12)11-5-4-9(6-11)2-3-9/h7,13H,2-6H2,1H3,(H,10,12). The van der Waals surface area contributed by atoms with Gasteiger partial charge in [-0.15, -0.1) is 0 Å². The Morgan fingerprint density at radius 3 is 2.69 bits per heavy atom. The Bertz CT molecular complexity index is 226. The van der Waals surface area contributed by atoms with Crippen LogP contribution >= 0.6 is 12.6 Å². The van der Waals surface area contributed by atoms with Crippen LogP contribution in [0.3, 0.4) is 0 Å². The Kier molecular flexibility index (Phi) is 2.18. The van der Waals surface area contributed by atoms with Crippen molar-refractivity contribution in [1.29, 1.82) is 0 Å². The van der Waals surface area contributed by atoms with Crippen molar-refractivity contribution in [2.24, 2.45) is 5.41 Å². The largest absolute Gasteiger partial charge is 0.327 e. The van der Waals surface area contributed by atoms with Crippen molar-refractivity contribution in [3.8, 4) is 0 Å². The van der Waals surface area contributed by atoms with Crippen LogP contribution in [0.5, 0.6) is 0 Å². The molecule has 2 fully saturated rings. The second-order valence-electron chi connectivity index (χ2n) is 4.30. The molecular formula is C9H16N2OS. The number of nitrogens with zero attached hydrogens (tertiary/aromatic N) is 1. The van der Waals surface area contributed by atoms with Crippen LogP contribution in [0.15, 0.2) is 0 Å². The Hall–Kier alpha value is -0.380. The first-order valence-electron chi connectivity index (χ1n) is 4.85. The van der Waals surface area contributed by atoms with E-state index in [1.165, 1.54) is 19.3 Å². The van der Waals surface area contributed by atoms with Crippen molar-refractivity contribution in [3.05, 3.63) is 0 Å². The van der Waals surface area contributed by atoms with Gasteiger partial charge in [-0.3, -0.25) is 0 Å². The number of amides is 2. The van der Waals surface area contributed by atoms with Crippen molar-refractivity contribution >= 4 is 18.7 Å². The van der Waals surface area contributed by atoms with E-state index in [1.807, 2.05) is 11.8 Å². The van der Waals surface area contributed by atoms with Gasteiger partial charge in [-0.2, -0.15) is 12.6 Å². The molecule has 4 heteroatoms. The Morgan fingerprint density at radius 2 is 2.23 bits per heavy atom. The molecule has 1 unspecified atom stereocenters. The molecular weight excluding hydrogens is 184 g/mol. The van der Waals surface area contributed by atoms with E-state index >= 15 is 0 Å². The maximum atomic E-state index is 11.5. The van der Waals surface area contributed by atoms with Crippen LogP contribution in [0.25, 0.3) is 0 Å². The van der Waals surface area contributed by atoms with E-state index in [2.05, 4.69) is 17.9 Å². The highest BCUT2D eigenvalue weighted by molar-refractivity contribution is 7.80. The molecule has 0 radical (unpaired) electrons. The molecule has 1 N–H and O–H groups in total. The zero-order valence-corrected chi connectivity index (χ0v) is 8.81. The number of hydrogen-bond acceptors (Lipinski definition) is 2. The van der Waals surface area contributed by atoms with Crippen LogP contribution in [0.4, 0.5) is 4.79 Å². The summed E-state index contributed by atoms with van der Waals surface area (Å²) >= 11 is 4.13. The first kappa shape index (κ1) is 9.19. The summed E-state index contributed by atoms with van der Waals surface area (Å²) in [4.78, 5) is 13.5. The van der Waals surface area contributed by atoms with Gasteiger partial charge in [0.2, 0.25) is 0 Å². The SMILES string of the molecule is CC(S)NC(=O)N1CCC2(CC2)C1. The van der Waals surface area contributed by atoms with Gasteiger partial charge >= 0.3 is 6.03 Å². The van der Waals surface area contributed by atoms with Gasteiger partial charge in [0.25, 0.3) is 0 Å². The maximum absolute atomic E-state index is 11.5. The fourth-order valence-electron chi connectivity index (χ4n) is 1.96. The number of thiol groups is 1. The number of carbonyl (C=O) groups is 1. The van der Waals surface area contributed by atoms with E-state index < -0.39 is 0 Å². The molecule has 1 spiro atoms.